The highest BCUT2D eigenvalue weighted by Crippen LogP contribution is 2.23. The van der Waals surface area contributed by atoms with Crippen molar-refractivity contribution in [2.45, 2.75) is 45.6 Å². The molecule has 6 nitrogen and oxygen atoms in total. The van der Waals surface area contributed by atoms with E-state index >= 15 is 0 Å². The van der Waals surface area contributed by atoms with Crippen LogP contribution in [-0.4, -0.2) is 41.5 Å². The second-order valence-corrected chi connectivity index (χ2v) is 6.24. The van der Waals surface area contributed by atoms with Gasteiger partial charge in [-0.2, -0.15) is 0 Å². The third-order valence-corrected chi connectivity index (χ3v) is 4.48. The molecule has 0 radical (unpaired) electrons. The molecular weight excluding hydrogens is 377 g/mol. The maximum atomic E-state index is 12.9. The summed E-state index contributed by atoms with van der Waals surface area (Å²) in [5.41, 5.74) is 0.696. The first-order valence-corrected chi connectivity index (χ1v) is 8.69. The summed E-state index contributed by atoms with van der Waals surface area (Å²) in [4.78, 5) is 19.3. The van der Waals surface area contributed by atoms with E-state index in [4.69, 9.17) is 8.83 Å². The van der Waals surface area contributed by atoms with Crippen LogP contribution in [0, 0.1) is 6.92 Å². The lowest BCUT2D eigenvalue weighted by Gasteiger charge is -2.34. The molecule has 8 heteroatoms. The minimum atomic E-state index is 0. The molecule has 0 bridgehead atoms. The first kappa shape index (κ1) is 22.5. The number of rotatable bonds is 6. The van der Waals surface area contributed by atoms with Gasteiger partial charge in [0.2, 0.25) is 5.91 Å². The van der Waals surface area contributed by atoms with Crippen LogP contribution in [0.15, 0.2) is 27.2 Å². The topological polar surface area (TPSA) is 71.5 Å². The van der Waals surface area contributed by atoms with Crippen molar-refractivity contribution in [3.63, 3.8) is 0 Å². The summed E-state index contributed by atoms with van der Waals surface area (Å²) in [6.07, 6.45) is 4.85. The second kappa shape index (κ2) is 10.6. The zero-order valence-electron chi connectivity index (χ0n) is 15.2. The summed E-state index contributed by atoms with van der Waals surface area (Å²) in [7, 11) is 0. The lowest BCUT2D eigenvalue weighted by Crippen LogP contribution is -2.47. The first-order chi connectivity index (χ1) is 11.7. The minimum Gasteiger partial charge on any atom is -0.459 e. The van der Waals surface area contributed by atoms with Gasteiger partial charge in [-0.1, -0.05) is 6.92 Å². The van der Waals surface area contributed by atoms with Crippen molar-refractivity contribution in [3.8, 4) is 11.7 Å². The molecule has 1 aliphatic rings. The van der Waals surface area contributed by atoms with E-state index in [-0.39, 0.29) is 37.1 Å². The van der Waals surface area contributed by atoms with Crippen molar-refractivity contribution in [3.05, 3.63) is 29.9 Å². The number of nitrogens with one attached hydrogen (secondary N) is 1. The number of furan rings is 1. The number of oxazole rings is 1. The van der Waals surface area contributed by atoms with Crippen molar-refractivity contribution in [2.24, 2.45) is 0 Å². The Labute approximate surface area is 166 Å². The summed E-state index contributed by atoms with van der Waals surface area (Å²) in [5.74, 6) is 1.83. The number of hydrogen-bond donors (Lipinski definition) is 1. The number of amides is 1. The summed E-state index contributed by atoms with van der Waals surface area (Å²) in [5, 5.41) is 3.35. The fourth-order valence-corrected chi connectivity index (χ4v) is 3.21. The van der Waals surface area contributed by atoms with Crippen LogP contribution in [0.1, 0.15) is 37.6 Å². The molecule has 1 amide bonds. The second-order valence-electron chi connectivity index (χ2n) is 6.24. The number of piperidine rings is 1. The normalized spacial score (nSPS) is 14.4. The van der Waals surface area contributed by atoms with Gasteiger partial charge in [0.15, 0.2) is 5.76 Å². The van der Waals surface area contributed by atoms with Crippen molar-refractivity contribution in [1.82, 2.24) is 15.2 Å². The molecule has 1 fully saturated rings. The predicted molar refractivity (Wildman–Crippen MR) is 105 cm³/mol. The van der Waals surface area contributed by atoms with Crippen molar-refractivity contribution >= 4 is 30.7 Å². The van der Waals surface area contributed by atoms with Crippen LogP contribution in [-0.2, 0) is 11.2 Å². The Morgan fingerprint density at radius 3 is 2.69 bits per heavy atom. The molecule has 3 rings (SSSR count). The van der Waals surface area contributed by atoms with Crippen LogP contribution in [0.25, 0.3) is 11.7 Å². The maximum Gasteiger partial charge on any atom is 0.263 e. The zero-order valence-corrected chi connectivity index (χ0v) is 16.8. The molecular formula is C18H27Cl2N3O3. The summed E-state index contributed by atoms with van der Waals surface area (Å²) in [6.45, 7) is 6.70. The van der Waals surface area contributed by atoms with Gasteiger partial charge in [0.25, 0.3) is 5.89 Å². The van der Waals surface area contributed by atoms with Crippen LogP contribution in [0.4, 0.5) is 0 Å². The van der Waals surface area contributed by atoms with E-state index in [2.05, 4.69) is 17.2 Å². The van der Waals surface area contributed by atoms with E-state index in [1.165, 1.54) is 0 Å². The summed E-state index contributed by atoms with van der Waals surface area (Å²) < 4.78 is 11.0. The number of carbonyl (C=O) groups is 1. The van der Waals surface area contributed by atoms with Crippen LogP contribution in [0.5, 0.6) is 0 Å². The Hall–Kier alpha value is -1.50. The lowest BCUT2D eigenvalue weighted by atomic mass is 10.0. The third kappa shape index (κ3) is 5.25. The molecule has 0 saturated carbocycles. The number of nitrogens with zero attached hydrogens (tertiary/aromatic N) is 2. The predicted octanol–water partition coefficient (Wildman–Crippen LogP) is 3.62. The molecule has 0 aromatic carbocycles. The Balaban J connectivity index is 0.00000169. The monoisotopic (exact) mass is 403 g/mol. The smallest absolute Gasteiger partial charge is 0.263 e. The fourth-order valence-electron chi connectivity index (χ4n) is 3.21. The van der Waals surface area contributed by atoms with Gasteiger partial charge in [0.1, 0.15) is 5.76 Å². The van der Waals surface area contributed by atoms with Crippen molar-refractivity contribution < 1.29 is 13.6 Å². The molecule has 146 valence electrons. The van der Waals surface area contributed by atoms with Gasteiger partial charge in [0, 0.05) is 12.6 Å². The molecule has 2 aromatic rings. The van der Waals surface area contributed by atoms with E-state index in [9.17, 15) is 4.79 Å². The molecule has 1 N–H and O–H groups in total. The van der Waals surface area contributed by atoms with Gasteiger partial charge in [-0.3, -0.25) is 4.79 Å². The fraction of sp³-hybridized carbons (Fsp3) is 0.556. The van der Waals surface area contributed by atoms with E-state index in [1.807, 2.05) is 11.8 Å². The van der Waals surface area contributed by atoms with Gasteiger partial charge >= 0.3 is 0 Å². The van der Waals surface area contributed by atoms with Crippen LogP contribution in [0.3, 0.4) is 0 Å². The van der Waals surface area contributed by atoms with E-state index in [0.29, 0.717) is 29.1 Å². The van der Waals surface area contributed by atoms with Gasteiger partial charge < -0.3 is 19.1 Å². The Morgan fingerprint density at radius 1 is 1.35 bits per heavy atom. The molecule has 0 atom stereocenters. The van der Waals surface area contributed by atoms with E-state index in [1.54, 1.807) is 18.4 Å². The molecule has 0 spiro atoms. The highest BCUT2D eigenvalue weighted by Gasteiger charge is 2.26. The largest absolute Gasteiger partial charge is 0.459 e. The SMILES string of the molecule is CCCN(C(=O)Cc1nc(-c2ccco2)oc1C)C1CCNCC1.Cl.Cl. The van der Waals surface area contributed by atoms with Crippen LogP contribution < -0.4 is 5.32 Å². The molecule has 1 saturated heterocycles. The average molecular weight is 404 g/mol. The molecule has 0 unspecified atom stereocenters. The number of carbonyl (C=O) groups excluding carboxylic acids is 1. The molecule has 2 aromatic heterocycles. The van der Waals surface area contributed by atoms with Crippen molar-refractivity contribution in [1.29, 1.82) is 0 Å². The Morgan fingerprint density at radius 2 is 2.08 bits per heavy atom. The lowest BCUT2D eigenvalue weighted by molar-refractivity contribution is -0.133. The highest BCUT2D eigenvalue weighted by atomic mass is 35.5. The summed E-state index contributed by atoms with van der Waals surface area (Å²) in [6, 6.07) is 3.92. The standard InChI is InChI=1S/C18H25N3O3.2ClH/c1-3-10-21(14-6-8-19-9-7-14)17(22)12-15-13(2)24-18(20-15)16-5-4-11-23-16;;/h4-5,11,14,19H,3,6-10,12H2,1-2H3;2*1H. The Bertz CT molecular complexity index is 667. The Kier molecular flexibility index (Phi) is 9.19. The maximum absolute atomic E-state index is 12.9. The molecule has 26 heavy (non-hydrogen) atoms. The van der Waals surface area contributed by atoms with Gasteiger partial charge in [-0.15, -0.1) is 24.8 Å². The van der Waals surface area contributed by atoms with Crippen LogP contribution in [0.2, 0.25) is 0 Å². The number of halogens is 2. The highest BCUT2D eigenvalue weighted by molar-refractivity contribution is 5.85. The van der Waals surface area contributed by atoms with Crippen LogP contribution >= 0.6 is 24.8 Å². The zero-order chi connectivity index (χ0) is 16.9. The number of hydrogen-bond acceptors (Lipinski definition) is 5. The average Bonchev–Trinajstić information content (AvgIpc) is 3.24. The third-order valence-electron chi connectivity index (χ3n) is 4.48. The van der Waals surface area contributed by atoms with E-state index in [0.717, 1.165) is 38.9 Å². The minimum absolute atomic E-state index is 0. The molecule has 1 aliphatic heterocycles. The van der Waals surface area contributed by atoms with Gasteiger partial charge in [0.05, 0.1) is 18.4 Å². The molecule has 3 heterocycles. The van der Waals surface area contributed by atoms with Gasteiger partial charge in [-0.25, -0.2) is 4.98 Å². The summed E-state index contributed by atoms with van der Waals surface area (Å²) >= 11 is 0. The van der Waals surface area contributed by atoms with Crippen molar-refractivity contribution in [2.75, 3.05) is 19.6 Å². The number of aromatic nitrogens is 1. The quantitative estimate of drug-likeness (QED) is 0.796. The van der Waals surface area contributed by atoms with E-state index < -0.39 is 0 Å². The van der Waals surface area contributed by atoms with Gasteiger partial charge in [-0.05, 0) is 51.4 Å². The molecule has 0 aliphatic carbocycles. The first-order valence-electron chi connectivity index (χ1n) is 8.69. The number of aryl methyl sites for hydroxylation is 1.